The number of allylic oxidation sites excluding steroid dienone is 16. The van der Waals surface area contributed by atoms with E-state index in [1.165, 1.54) is 199 Å². The van der Waals surface area contributed by atoms with E-state index in [0.29, 0.717) is 17.4 Å². The number of unbranched alkanes of at least 4 members (excludes halogenated alkanes) is 34. The van der Waals surface area contributed by atoms with Crippen LogP contribution >= 0.6 is 0 Å². The summed E-state index contributed by atoms with van der Waals surface area (Å²) in [5, 5.41) is 9.75. The van der Waals surface area contributed by atoms with Crippen molar-refractivity contribution in [1.29, 1.82) is 0 Å². The molecule has 0 aliphatic heterocycles. The topological polar surface area (TPSA) is 108 Å². The van der Waals surface area contributed by atoms with Gasteiger partial charge >= 0.3 is 17.9 Å². The molecule has 0 saturated carbocycles. The van der Waals surface area contributed by atoms with Crippen LogP contribution in [0.3, 0.4) is 0 Å². The second-order valence-electron chi connectivity index (χ2n) is 24.8. The summed E-state index contributed by atoms with van der Waals surface area (Å²) in [7, 11) is 5.98. The van der Waals surface area contributed by atoms with Crippen molar-refractivity contribution in [3.05, 3.63) is 97.2 Å². The summed E-state index contributed by atoms with van der Waals surface area (Å²) in [5.74, 6) is -2.00. The van der Waals surface area contributed by atoms with E-state index >= 15 is 0 Å². The van der Waals surface area contributed by atoms with Crippen LogP contribution in [0.2, 0.25) is 0 Å². The molecule has 0 heterocycles. The number of carbonyl (C=O) groups is 3. The number of esters is 2. The summed E-state index contributed by atoms with van der Waals surface area (Å²) in [6.07, 6.45) is 88.0. The number of ether oxygens (including phenoxy) is 4. The number of carbonyl (C=O) groups excluding carboxylic acids is 2. The Hall–Kier alpha value is -3.79. The molecule has 0 aromatic carbocycles. The Morgan fingerprint density at radius 2 is 0.671 bits per heavy atom. The molecular formula is C76H134NO8+. The number of carboxylic acids is 1. The molecule has 9 heteroatoms. The minimum atomic E-state index is -1.51. The maximum atomic E-state index is 12.9. The lowest BCUT2D eigenvalue weighted by Gasteiger charge is -2.25. The van der Waals surface area contributed by atoms with Crippen LogP contribution in [0.4, 0.5) is 0 Å². The van der Waals surface area contributed by atoms with E-state index in [1.807, 2.05) is 21.1 Å². The molecule has 0 bridgehead atoms. The fourth-order valence-electron chi connectivity index (χ4n) is 9.93. The monoisotopic (exact) mass is 1190 g/mol. The van der Waals surface area contributed by atoms with Crippen LogP contribution in [0.5, 0.6) is 0 Å². The Balaban J connectivity index is 4.09. The molecule has 0 amide bonds. The average molecular weight is 1190 g/mol. The van der Waals surface area contributed by atoms with E-state index in [-0.39, 0.29) is 32.2 Å². The lowest BCUT2D eigenvalue weighted by Crippen LogP contribution is -2.40. The summed E-state index contributed by atoms with van der Waals surface area (Å²) in [5.41, 5.74) is 0. The van der Waals surface area contributed by atoms with Crippen molar-refractivity contribution in [2.45, 2.75) is 322 Å². The number of nitrogens with zero attached hydrogens (tertiary/aromatic N) is 1. The molecule has 85 heavy (non-hydrogen) atoms. The first-order valence-electron chi connectivity index (χ1n) is 35.4. The molecule has 9 nitrogen and oxygen atoms in total. The van der Waals surface area contributed by atoms with Crippen LogP contribution in [0.25, 0.3) is 0 Å². The van der Waals surface area contributed by atoms with E-state index < -0.39 is 24.3 Å². The van der Waals surface area contributed by atoms with Gasteiger partial charge < -0.3 is 28.5 Å². The van der Waals surface area contributed by atoms with Crippen LogP contribution in [0, 0.1) is 0 Å². The third-order valence-corrected chi connectivity index (χ3v) is 15.3. The van der Waals surface area contributed by atoms with Gasteiger partial charge in [0.1, 0.15) is 13.2 Å². The number of hydrogen-bond donors (Lipinski definition) is 1. The zero-order valence-corrected chi connectivity index (χ0v) is 56.0. The molecule has 2 atom stereocenters. The molecule has 0 aliphatic carbocycles. The average Bonchev–Trinajstić information content (AvgIpc) is 3.48. The van der Waals surface area contributed by atoms with E-state index in [9.17, 15) is 19.5 Å². The molecule has 0 saturated heterocycles. The van der Waals surface area contributed by atoms with Crippen LogP contribution in [0.1, 0.15) is 309 Å². The number of rotatable bonds is 65. The summed E-state index contributed by atoms with van der Waals surface area (Å²) < 4.78 is 23.0. The summed E-state index contributed by atoms with van der Waals surface area (Å²) in [6, 6.07) is 0. The van der Waals surface area contributed by atoms with E-state index in [0.717, 1.165) is 83.5 Å². The molecule has 490 valence electrons. The third-order valence-electron chi connectivity index (χ3n) is 15.3. The second-order valence-corrected chi connectivity index (χ2v) is 24.8. The van der Waals surface area contributed by atoms with Crippen LogP contribution < -0.4 is 0 Å². The van der Waals surface area contributed by atoms with Crippen LogP contribution in [-0.2, 0) is 33.3 Å². The van der Waals surface area contributed by atoms with Gasteiger partial charge in [-0.25, -0.2) is 4.79 Å². The maximum Gasteiger partial charge on any atom is 0.361 e. The molecule has 0 radical (unpaired) electrons. The first kappa shape index (κ1) is 81.2. The Morgan fingerprint density at radius 3 is 1.01 bits per heavy atom. The molecule has 0 spiro atoms. The van der Waals surface area contributed by atoms with Crippen molar-refractivity contribution in [3.63, 3.8) is 0 Å². The predicted octanol–water partition coefficient (Wildman–Crippen LogP) is 22.0. The fraction of sp³-hybridized carbons (Fsp3) is 0.750. The highest BCUT2D eigenvalue weighted by Gasteiger charge is 2.25. The van der Waals surface area contributed by atoms with Gasteiger partial charge in [0, 0.05) is 12.8 Å². The Morgan fingerprint density at radius 1 is 0.365 bits per heavy atom. The minimum absolute atomic E-state index is 0.183. The third kappa shape index (κ3) is 67.6. The standard InChI is InChI=1S/C76H133NO8/c1-6-8-10-12-14-16-18-20-22-24-26-28-30-31-32-33-34-35-36-37-38-39-40-41-42-43-45-47-49-51-53-55-57-59-61-63-65-67-74(79)85-72(71-84-76(75(80)81)82-69-68-77(3,4)5)70-83-73(78)66-64-62-60-58-56-54-52-50-48-46-44-29-27-25-23-21-19-17-15-13-11-9-7-2/h8,10,14,16,20,22,25-28,31-32,34-35,37-38,72,76H,6-7,9,11-13,15,17-19,21,23-24,29-30,33,36,39-71H2,1-5H3/p+1/b10-8-,16-14-,22-20-,27-25-,28-26-,32-31-,35-34-,38-37-. The molecule has 0 fully saturated rings. The molecule has 0 aromatic heterocycles. The van der Waals surface area contributed by atoms with Crippen molar-refractivity contribution in [2.24, 2.45) is 0 Å². The number of aliphatic carboxylic acids is 1. The zero-order valence-electron chi connectivity index (χ0n) is 56.0. The lowest BCUT2D eigenvalue weighted by molar-refractivity contribution is -0.870. The van der Waals surface area contributed by atoms with Crippen LogP contribution in [-0.4, -0.2) is 87.4 Å². The van der Waals surface area contributed by atoms with Gasteiger partial charge in [-0.15, -0.1) is 0 Å². The summed E-state index contributed by atoms with van der Waals surface area (Å²) in [6.45, 7) is 4.79. The van der Waals surface area contributed by atoms with Gasteiger partial charge in [-0.3, -0.25) is 9.59 Å². The van der Waals surface area contributed by atoms with E-state index in [1.54, 1.807) is 0 Å². The van der Waals surface area contributed by atoms with Crippen molar-refractivity contribution in [1.82, 2.24) is 0 Å². The molecule has 0 aromatic rings. The molecule has 1 N–H and O–H groups in total. The highest BCUT2D eigenvalue weighted by Crippen LogP contribution is 2.17. The van der Waals surface area contributed by atoms with Gasteiger partial charge in [0.05, 0.1) is 34.4 Å². The largest absolute Gasteiger partial charge is 0.477 e. The molecule has 0 rings (SSSR count). The van der Waals surface area contributed by atoms with Gasteiger partial charge in [-0.1, -0.05) is 297 Å². The number of hydrogen-bond acceptors (Lipinski definition) is 7. The Bertz CT molecular complexity index is 1720. The normalized spacial score (nSPS) is 13.3. The SMILES string of the molecule is CC/C=C\C/C=C\C/C=C\C/C=C\C/C=C\C/C=C\C/C=C\CCCCCCCCCCCCCCCCCC(=O)OC(COC(=O)CCCCCCCCCCCCC/C=C\CCCCCCCCCC)COC(OCC[N+](C)(C)C)C(=O)O. The predicted molar refractivity (Wildman–Crippen MR) is 364 cm³/mol. The van der Waals surface area contributed by atoms with Crippen molar-refractivity contribution in [3.8, 4) is 0 Å². The lowest BCUT2D eigenvalue weighted by atomic mass is 10.0. The number of quaternary nitrogens is 1. The molecule has 0 aliphatic rings. The quantitative estimate of drug-likeness (QED) is 0.0211. The van der Waals surface area contributed by atoms with Gasteiger partial charge in [-0.05, 0) is 96.3 Å². The summed E-state index contributed by atoms with van der Waals surface area (Å²) in [4.78, 5) is 37.6. The zero-order chi connectivity index (χ0) is 61.9. The second kappa shape index (κ2) is 66.2. The highest BCUT2D eigenvalue weighted by atomic mass is 16.7. The molecular weight excluding hydrogens is 1050 g/mol. The van der Waals surface area contributed by atoms with E-state index in [2.05, 4.69) is 111 Å². The minimum Gasteiger partial charge on any atom is -0.477 e. The van der Waals surface area contributed by atoms with Gasteiger partial charge in [0.25, 0.3) is 6.29 Å². The van der Waals surface area contributed by atoms with Gasteiger partial charge in [0.2, 0.25) is 0 Å². The van der Waals surface area contributed by atoms with Crippen molar-refractivity contribution >= 4 is 17.9 Å². The van der Waals surface area contributed by atoms with Crippen molar-refractivity contribution < 1.29 is 42.9 Å². The van der Waals surface area contributed by atoms with Gasteiger partial charge in [0.15, 0.2) is 6.10 Å². The smallest absolute Gasteiger partial charge is 0.361 e. The highest BCUT2D eigenvalue weighted by molar-refractivity contribution is 5.71. The number of likely N-dealkylation sites (N-methyl/N-ethyl adjacent to an activating group) is 1. The summed E-state index contributed by atoms with van der Waals surface area (Å²) >= 11 is 0. The fourth-order valence-corrected chi connectivity index (χ4v) is 9.93. The van der Waals surface area contributed by atoms with Crippen molar-refractivity contribution in [2.75, 3.05) is 47.5 Å². The van der Waals surface area contributed by atoms with Crippen LogP contribution in [0.15, 0.2) is 97.2 Å². The number of carboxylic acid groups (broad SMARTS) is 1. The maximum absolute atomic E-state index is 12.9. The Labute approximate surface area is 524 Å². The first-order valence-corrected chi connectivity index (χ1v) is 35.4. The molecule has 2 unspecified atom stereocenters. The van der Waals surface area contributed by atoms with Gasteiger partial charge in [-0.2, -0.15) is 0 Å². The van der Waals surface area contributed by atoms with E-state index in [4.69, 9.17) is 18.9 Å². The Kier molecular flexibility index (Phi) is 63.2. The first-order chi connectivity index (χ1) is 41.6.